The van der Waals surface area contributed by atoms with E-state index in [0.717, 1.165) is 24.3 Å². The molecule has 20 heavy (non-hydrogen) atoms. The molecule has 0 atom stereocenters. The number of hydrogen-bond acceptors (Lipinski definition) is 1. The average molecular weight is 347 g/mol. The smallest absolute Gasteiger partial charge is 0.289 e. The van der Waals surface area contributed by atoms with Gasteiger partial charge >= 0.3 is 6.18 Å². The molecule has 2 rings (SSSR count). The van der Waals surface area contributed by atoms with Crippen LogP contribution in [-0.4, -0.2) is 5.78 Å². The molecule has 0 aromatic heterocycles. The maximum Gasteiger partial charge on any atom is 0.417 e. The first-order chi connectivity index (χ1) is 9.30. The number of carbonyl (C=O) groups excluding carboxylic acids is 1. The molecule has 0 N–H and O–H groups in total. The Morgan fingerprint density at radius 3 is 2.30 bits per heavy atom. The van der Waals surface area contributed by atoms with Gasteiger partial charge in [0.05, 0.1) is 5.56 Å². The highest BCUT2D eigenvalue weighted by Gasteiger charge is 2.35. The van der Waals surface area contributed by atoms with E-state index in [2.05, 4.69) is 15.9 Å². The van der Waals surface area contributed by atoms with Crippen LogP contribution >= 0.6 is 15.9 Å². The maximum atomic E-state index is 13.2. The van der Waals surface area contributed by atoms with E-state index < -0.39 is 28.9 Å². The summed E-state index contributed by atoms with van der Waals surface area (Å²) in [6.07, 6.45) is -4.65. The van der Waals surface area contributed by atoms with Gasteiger partial charge < -0.3 is 0 Å². The first-order valence-corrected chi connectivity index (χ1v) is 6.26. The summed E-state index contributed by atoms with van der Waals surface area (Å²) in [4.78, 5) is 12.2. The van der Waals surface area contributed by atoms with E-state index in [-0.39, 0.29) is 10.0 Å². The average Bonchev–Trinajstić information content (AvgIpc) is 2.40. The molecule has 0 radical (unpaired) electrons. The monoisotopic (exact) mass is 346 g/mol. The lowest BCUT2D eigenvalue weighted by molar-refractivity contribution is -0.137. The first-order valence-electron chi connectivity index (χ1n) is 5.46. The molecule has 6 heteroatoms. The standard InChI is InChI=1S/C14H7BrF4O/c15-12-6-5-8(16)7-10(12)13(20)9-3-1-2-4-11(9)14(17,18)19/h1-7H. The summed E-state index contributed by atoms with van der Waals surface area (Å²) in [5.74, 6) is -1.58. The molecule has 104 valence electrons. The van der Waals surface area contributed by atoms with E-state index in [4.69, 9.17) is 0 Å². The SMILES string of the molecule is O=C(c1cc(F)ccc1Br)c1ccccc1C(F)(F)F. The van der Waals surface area contributed by atoms with Gasteiger partial charge in [0.2, 0.25) is 0 Å². The number of carbonyl (C=O) groups is 1. The van der Waals surface area contributed by atoms with Crippen LogP contribution in [-0.2, 0) is 6.18 Å². The van der Waals surface area contributed by atoms with Crippen molar-refractivity contribution in [1.82, 2.24) is 0 Å². The minimum atomic E-state index is -4.65. The van der Waals surface area contributed by atoms with Crippen LogP contribution in [0.15, 0.2) is 46.9 Å². The molecule has 0 unspecified atom stereocenters. The summed E-state index contributed by atoms with van der Waals surface area (Å²) in [5.41, 5.74) is -1.70. The van der Waals surface area contributed by atoms with Crippen molar-refractivity contribution in [2.75, 3.05) is 0 Å². The molecule has 0 amide bonds. The van der Waals surface area contributed by atoms with Crippen molar-refractivity contribution in [3.63, 3.8) is 0 Å². The van der Waals surface area contributed by atoms with Crippen LogP contribution in [0.4, 0.5) is 17.6 Å². The molecule has 1 nitrogen and oxygen atoms in total. The molecule has 0 aliphatic heterocycles. The van der Waals surface area contributed by atoms with E-state index >= 15 is 0 Å². The quantitative estimate of drug-likeness (QED) is 0.561. The van der Waals surface area contributed by atoms with Crippen molar-refractivity contribution in [2.45, 2.75) is 6.18 Å². The minimum Gasteiger partial charge on any atom is -0.289 e. The molecule has 0 spiro atoms. The van der Waals surface area contributed by atoms with E-state index in [1.54, 1.807) is 0 Å². The van der Waals surface area contributed by atoms with Gasteiger partial charge in [0, 0.05) is 15.6 Å². The third kappa shape index (κ3) is 2.90. The Morgan fingerprint density at radius 2 is 1.65 bits per heavy atom. The number of hydrogen-bond donors (Lipinski definition) is 0. The van der Waals surface area contributed by atoms with Gasteiger partial charge in [-0.3, -0.25) is 4.79 Å². The lowest BCUT2D eigenvalue weighted by atomic mass is 9.98. The predicted octanol–water partition coefficient (Wildman–Crippen LogP) is 4.84. The molecule has 2 aromatic carbocycles. The second-order valence-electron chi connectivity index (χ2n) is 4.00. The Balaban J connectivity index is 2.57. The highest BCUT2D eigenvalue weighted by Crippen LogP contribution is 2.33. The van der Waals surface area contributed by atoms with Crippen molar-refractivity contribution in [2.24, 2.45) is 0 Å². The number of ketones is 1. The fourth-order valence-electron chi connectivity index (χ4n) is 1.74. The molecule has 2 aromatic rings. The van der Waals surface area contributed by atoms with Crippen LogP contribution in [0.25, 0.3) is 0 Å². The normalized spacial score (nSPS) is 11.4. The number of rotatable bonds is 2. The summed E-state index contributed by atoms with van der Waals surface area (Å²) in [5, 5.41) is 0. The molecule has 0 bridgehead atoms. The molecular formula is C14H7BrF4O. The maximum absolute atomic E-state index is 13.2. The van der Waals surface area contributed by atoms with Gasteiger partial charge in [0.1, 0.15) is 5.82 Å². The summed E-state index contributed by atoms with van der Waals surface area (Å²) >= 11 is 3.03. The van der Waals surface area contributed by atoms with Gasteiger partial charge in [-0.2, -0.15) is 13.2 Å². The second-order valence-corrected chi connectivity index (χ2v) is 4.85. The van der Waals surface area contributed by atoms with E-state index in [1.165, 1.54) is 18.2 Å². The number of halogens is 5. The molecule has 0 heterocycles. The van der Waals surface area contributed by atoms with Crippen molar-refractivity contribution in [3.05, 3.63) is 69.4 Å². The molecule has 0 saturated carbocycles. The van der Waals surface area contributed by atoms with Crippen molar-refractivity contribution in [1.29, 1.82) is 0 Å². The Bertz CT molecular complexity index is 664. The zero-order chi connectivity index (χ0) is 14.9. The van der Waals surface area contributed by atoms with Gasteiger partial charge in [0.15, 0.2) is 5.78 Å². The van der Waals surface area contributed by atoms with E-state index in [1.807, 2.05) is 0 Å². The fraction of sp³-hybridized carbons (Fsp3) is 0.0714. The van der Waals surface area contributed by atoms with Gasteiger partial charge in [-0.05, 0) is 24.3 Å². The number of benzene rings is 2. The highest BCUT2D eigenvalue weighted by atomic mass is 79.9. The summed E-state index contributed by atoms with van der Waals surface area (Å²) in [6.45, 7) is 0. The number of alkyl halides is 3. The van der Waals surface area contributed by atoms with E-state index in [0.29, 0.717) is 0 Å². The first kappa shape index (κ1) is 14.7. The lowest BCUT2D eigenvalue weighted by Gasteiger charge is -2.12. The Hall–Kier alpha value is -1.69. The Labute approximate surface area is 120 Å². The van der Waals surface area contributed by atoms with Crippen molar-refractivity contribution in [3.8, 4) is 0 Å². The molecule has 0 saturated heterocycles. The van der Waals surface area contributed by atoms with Crippen LogP contribution in [0.3, 0.4) is 0 Å². The Kier molecular flexibility index (Phi) is 3.94. The molecule has 0 aliphatic carbocycles. The largest absolute Gasteiger partial charge is 0.417 e. The predicted molar refractivity (Wildman–Crippen MR) is 69.0 cm³/mol. The van der Waals surface area contributed by atoms with Gasteiger partial charge in [-0.15, -0.1) is 0 Å². The van der Waals surface area contributed by atoms with Crippen LogP contribution in [0.5, 0.6) is 0 Å². The molecule has 0 fully saturated rings. The minimum absolute atomic E-state index is 0.151. The highest BCUT2D eigenvalue weighted by molar-refractivity contribution is 9.10. The third-order valence-corrected chi connectivity index (χ3v) is 3.34. The zero-order valence-corrected chi connectivity index (χ0v) is 11.4. The van der Waals surface area contributed by atoms with Crippen molar-refractivity contribution < 1.29 is 22.4 Å². The van der Waals surface area contributed by atoms with E-state index in [9.17, 15) is 22.4 Å². The fourth-order valence-corrected chi connectivity index (χ4v) is 2.17. The van der Waals surface area contributed by atoms with Crippen LogP contribution in [0, 0.1) is 5.82 Å². The summed E-state index contributed by atoms with van der Waals surface area (Å²) in [7, 11) is 0. The van der Waals surface area contributed by atoms with Crippen LogP contribution < -0.4 is 0 Å². The second kappa shape index (κ2) is 5.36. The topological polar surface area (TPSA) is 17.1 Å². The van der Waals surface area contributed by atoms with Crippen molar-refractivity contribution >= 4 is 21.7 Å². The van der Waals surface area contributed by atoms with Crippen LogP contribution in [0.2, 0.25) is 0 Å². The van der Waals surface area contributed by atoms with Gasteiger partial charge in [0.25, 0.3) is 0 Å². The van der Waals surface area contributed by atoms with Gasteiger partial charge in [-0.25, -0.2) is 4.39 Å². The zero-order valence-electron chi connectivity index (χ0n) is 9.84. The Morgan fingerprint density at radius 1 is 1.00 bits per heavy atom. The third-order valence-electron chi connectivity index (χ3n) is 2.65. The lowest BCUT2D eigenvalue weighted by Crippen LogP contribution is -2.14. The molecular weight excluding hydrogens is 340 g/mol. The summed E-state index contributed by atoms with van der Waals surface area (Å²) in [6, 6.07) is 7.70. The van der Waals surface area contributed by atoms with Gasteiger partial charge in [-0.1, -0.05) is 34.1 Å². The van der Waals surface area contributed by atoms with Crippen LogP contribution in [0.1, 0.15) is 21.5 Å². The molecule has 0 aliphatic rings. The summed E-state index contributed by atoms with van der Waals surface area (Å²) < 4.78 is 52.0.